The summed E-state index contributed by atoms with van der Waals surface area (Å²) in [6, 6.07) is 29.5. The highest BCUT2D eigenvalue weighted by Gasteiger charge is 2.19. The van der Waals surface area contributed by atoms with Gasteiger partial charge in [-0.2, -0.15) is 0 Å². The summed E-state index contributed by atoms with van der Waals surface area (Å²) in [6.45, 7) is 1.21. The van der Waals surface area contributed by atoms with Crippen molar-refractivity contribution in [3.63, 3.8) is 0 Å². The van der Waals surface area contributed by atoms with Gasteiger partial charge in [0.05, 0.1) is 22.8 Å². The van der Waals surface area contributed by atoms with Crippen LogP contribution in [-0.2, 0) is 22.3 Å². The molecule has 1 aromatic heterocycles. The largest absolute Gasteiger partial charge is 0.476 e. The summed E-state index contributed by atoms with van der Waals surface area (Å²) in [5.74, 6) is 1.34. The lowest BCUT2D eigenvalue weighted by Gasteiger charge is -2.03. The van der Waals surface area contributed by atoms with Crippen LogP contribution in [0.15, 0.2) is 94.9 Å². The smallest absolute Gasteiger partial charge is 0.211 e. The second kappa shape index (κ2) is 9.63. The minimum Gasteiger partial charge on any atom is -0.476 e. The average Bonchev–Trinajstić information content (AvgIpc) is 3.61. The van der Waals surface area contributed by atoms with Gasteiger partial charge in [0.15, 0.2) is 0 Å². The molecule has 0 aliphatic carbocycles. The fourth-order valence-corrected chi connectivity index (χ4v) is 4.72. The van der Waals surface area contributed by atoms with E-state index >= 15 is 0 Å². The summed E-state index contributed by atoms with van der Waals surface area (Å²) in [6.07, 6.45) is 5.76. The topological polar surface area (TPSA) is 59.0 Å². The number of aromatic nitrogens is 1. The number of aliphatic imine (C=N–C) groups is 2. The van der Waals surface area contributed by atoms with E-state index in [0.29, 0.717) is 25.0 Å². The Bertz CT molecular complexity index is 1390. The highest BCUT2D eigenvalue weighted by Crippen LogP contribution is 2.14. The highest BCUT2D eigenvalue weighted by molar-refractivity contribution is 6.09. The van der Waals surface area contributed by atoms with Crippen molar-refractivity contribution in [3.8, 4) is 0 Å². The van der Waals surface area contributed by atoms with E-state index in [1.54, 1.807) is 0 Å². The Morgan fingerprint density at radius 2 is 1.06 bits per heavy atom. The van der Waals surface area contributed by atoms with Gasteiger partial charge in [0.25, 0.3) is 0 Å². The first-order valence-corrected chi connectivity index (χ1v) is 12.1. The lowest BCUT2D eigenvalue weighted by Crippen LogP contribution is -2.14. The fourth-order valence-electron chi connectivity index (χ4n) is 4.72. The average molecular weight is 462 g/mol. The van der Waals surface area contributed by atoms with Gasteiger partial charge in [-0.25, -0.2) is 9.98 Å². The van der Waals surface area contributed by atoms with Crippen LogP contribution < -0.4 is 10.7 Å². The molecule has 0 amide bonds. The van der Waals surface area contributed by atoms with Crippen LogP contribution in [0.3, 0.4) is 0 Å². The Labute approximate surface area is 204 Å². The molecule has 35 heavy (non-hydrogen) atoms. The van der Waals surface area contributed by atoms with Crippen LogP contribution in [0, 0.1) is 0 Å². The fraction of sp³-hybridized carbons (Fsp3) is 0.200. The van der Waals surface area contributed by atoms with Crippen LogP contribution in [0.4, 0.5) is 0 Å². The predicted molar refractivity (Wildman–Crippen MR) is 141 cm³/mol. The van der Waals surface area contributed by atoms with Gasteiger partial charge < -0.3 is 14.5 Å². The van der Waals surface area contributed by atoms with Gasteiger partial charge in [-0.15, -0.1) is 0 Å². The van der Waals surface area contributed by atoms with Crippen molar-refractivity contribution in [1.29, 1.82) is 0 Å². The van der Waals surface area contributed by atoms with Crippen molar-refractivity contribution < 1.29 is 9.47 Å². The monoisotopic (exact) mass is 461 g/mol. The van der Waals surface area contributed by atoms with Crippen molar-refractivity contribution in [1.82, 2.24) is 4.98 Å². The molecule has 0 unspecified atom stereocenters. The van der Waals surface area contributed by atoms with E-state index in [4.69, 9.17) is 19.5 Å². The molecule has 2 atom stereocenters. The second-order valence-electron chi connectivity index (χ2n) is 9.03. The number of aromatic amines is 1. The van der Waals surface area contributed by atoms with Crippen LogP contribution in [0.25, 0.3) is 22.9 Å². The molecule has 0 fully saturated rings. The molecule has 0 bridgehead atoms. The Hall–Kier alpha value is -4.12. The van der Waals surface area contributed by atoms with Crippen LogP contribution in [0.1, 0.15) is 11.1 Å². The Morgan fingerprint density at radius 3 is 1.51 bits per heavy atom. The highest BCUT2D eigenvalue weighted by atomic mass is 16.5. The van der Waals surface area contributed by atoms with E-state index in [1.165, 1.54) is 11.1 Å². The molecule has 3 heterocycles. The predicted octanol–water partition coefficient (Wildman–Crippen LogP) is 3.81. The number of H-pyrrole nitrogens is 1. The zero-order chi connectivity index (χ0) is 23.5. The minimum atomic E-state index is 0.138. The minimum absolute atomic E-state index is 0.138. The maximum atomic E-state index is 5.92. The third-order valence-corrected chi connectivity index (χ3v) is 6.41. The molecule has 5 heteroatoms. The van der Waals surface area contributed by atoms with Crippen molar-refractivity contribution in [2.75, 3.05) is 13.2 Å². The van der Waals surface area contributed by atoms with Gasteiger partial charge in [-0.1, -0.05) is 84.9 Å². The van der Waals surface area contributed by atoms with E-state index < -0.39 is 0 Å². The standard InChI is InChI=1S/C30H27N3O2/c1-3-9-21(10-4-1)15-23-19-34-29(31-23)17-27-25-13-7-8-14-26(25)28(33-27)18-30-32-24(20-35-30)16-22-11-5-2-6-12-22/h1-14,17-18,23-24,33H,15-16,19-20H2/b27-17-,28-18-/t23-,24-/m1/s1. The number of hydrogen-bond acceptors (Lipinski definition) is 4. The molecule has 1 N–H and O–H groups in total. The lowest BCUT2D eigenvalue weighted by molar-refractivity contribution is 0.320. The van der Waals surface area contributed by atoms with Gasteiger partial charge in [0, 0.05) is 22.9 Å². The molecular formula is C30H27N3O2. The van der Waals surface area contributed by atoms with Crippen molar-refractivity contribution in [2.24, 2.45) is 9.98 Å². The molecule has 3 aromatic carbocycles. The van der Waals surface area contributed by atoms with Gasteiger partial charge >= 0.3 is 0 Å². The van der Waals surface area contributed by atoms with Gasteiger partial charge in [0.2, 0.25) is 11.8 Å². The maximum Gasteiger partial charge on any atom is 0.211 e. The normalized spacial score (nSPS) is 20.6. The third-order valence-electron chi connectivity index (χ3n) is 6.41. The van der Waals surface area contributed by atoms with Crippen LogP contribution in [0.5, 0.6) is 0 Å². The Balaban J connectivity index is 1.27. The van der Waals surface area contributed by atoms with Crippen LogP contribution in [-0.4, -0.2) is 42.1 Å². The van der Waals surface area contributed by atoms with Gasteiger partial charge in [-0.3, -0.25) is 0 Å². The lowest BCUT2D eigenvalue weighted by atomic mass is 10.1. The van der Waals surface area contributed by atoms with E-state index in [0.717, 1.165) is 34.3 Å². The zero-order valence-corrected chi connectivity index (χ0v) is 19.4. The first-order chi connectivity index (χ1) is 17.3. The van der Waals surface area contributed by atoms with Crippen molar-refractivity contribution in [2.45, 2.75) is 24.9 Å². The Morgan fingerprint density at radius 1 is 0.629 bits per heavy atom. The molecule has 0 saturated carbocycles. The number of hydrogen-bond donors (Lipinski definition) is 1. The molecule has 2 aliphatic rings. The SMILES string of the molecule is C(/C1=N[C@H](Cc2ccccc2)CO1)=c1/[nH]/c(=C\C2=N[C@H](Cc3ccccc3)CO2)c2ccccc12. The molecule has 0 spiro atoms. The van der Waals surface area contributed by atoms with Gasteiger partial charge in [-0.05, 0) is 24.0 Å². The zero-order valence-electron chi connectivity index (χ0n) is 19.4. The molecule has 2 aliphatic heterocycles. The van der Waals surface area contributed by atoms with Crippen molar-refractivity contribution >= 4 is 34.7 Å². The summed E-state index contributed by atoms with van der Waals surface area (Å²) in [7, 11) is 0. The summed E-state index contributed by atoms with van der Waals surface area (Å²) < 4.78 is 11.8. The third kappa shape index (κ3) is 4.90. The number of fused-ring (bicyclic) bond motifs is 1. The first kappa shape index (κ1) is 21.4. The number of rotatable bonds is 6. The molecule has 5 nitrogen and oxygen atoms in total. The van der Waals surface area contributed by atoms with Crippen LogP contribution >= 0.6 is 0 Å². The van der Waals surface area contributed by atoms with E-state index in [1.807, 2.05) is 36.4 Å². The first-order valence-electron chi connectivity index (χ1n) is 12.1. The van der Waals surface area contributed by atoms with E-state index in [2.05, 4.69) is 65.6 Å². The summed E-state index contributed by atoms with van der Waals surface area (Å²) >= 11 is 0. The molecule has 0 saturated heterocycles. The molecule has 0 radical (unpaired) electrons. The molecule has 174 valence electrons. The second-order valence-corrected chi connectivity index (χ2v) is 9.03. The summed E-state index contributed by atoms with van der Waals surface area (Å²) in [5, 5.41) is 4.20. The Kier molecular flexibility index (Phi) is 5.89. The van der Waals surface area contributed by atoms with Crippen molar-refractivity contribution in [3.05, 3.63) is 107 Å². The molecular weight excluding hydrogens is 434 g/mol. The quantitative estimate of drug-likeness (QED) is 0.475. The van der Waals surface area contributed by atoms with E-state index in [-0.39, 0.29) is 12.1 Å². The van der Waals surface area contributed by atoms with Crippen LogP contribution in [0.2, 0.25) is 0 Å². The number of nitrogens with zero attached hydrogens (tertiary/aromatic N) is 2. The number of nitrogens with one attached hydrogen (secondary N) is 1. The molecule has 4 aromatic rings. The van der Waals surface area contributed by atoms with Gasteiger partial charge in [0.1, 0.15) is 13.2 Å². The molecule has 6 rings (SSSR count). The maximum absolute atomic E-state index is 5.92. The van der Waals surface area contributed by atoms with E-state index in [9.17, 15) is 0 Å². The summed E-state index contributed by atoms with van der Waals surface area (Å²) in [4.78, 5) is 13.2. The summed E-state index contributed by atoms with van der Waals surface area (Å²) in [5.41, 5.74) is 2.55. The number of benzene rings is 3. The number of ether oxygens (including phenoxy) is 2.